The van der Waals surface area contributed by atoms with Crippen LogP contribution in [0.1, 0.15) is 17.0 Å². The number of benzene rings is 2. The first-order valence-electron chi connectivity index (χ1n) is 5.32. The van der Waals surface area contributed by atoms with Gasteiger partial charge in [0.1, 0.15) is 0 Å². The molecule has 82 valence electrons. The second-order valence-electron chi connectivity index (χ2n) is 3.72. The fourth-order valence-corrected chi connectivity index (χ4v) is 2.15. The predicted molar refractivity (Wildman–Crippen MR) is 68.8 cm³/mol. The number of nitrogens with two attached hydrogens (primary N) is 1. The van der Waals surface area contributed by atoms with E-state index in [9.17, 15) is 0 Å². The van der Waals surface area contributed by atoms with E-state index < -0.39 is 0 Å². The Bertz CT molecular complexity index is 453. The van der Waals surface area contributed by atoms with E-state index in [4.69, 9.17) is 17.3 Å². The molecule has 0 bridgehead atoms. The SMILES string of the molecule is NCC(c1ccccc1)c1ccccc1Cl. The molecule has 0 aromatic heterocycles. The Kier molecular flexibility index (Phi) is 3.60. The molecule has 0 radical (unpaired) electrons. The van der Waals surface area contributed by atoms with Gasteiger partial charge in [-0.05, 0) is 17.2 Å². The van der Waals surface area contributed by atoms with Crippen LogP contribution in [0.3, 0.4) is 0 Å². The van der Waals surface area contributed by atoms with E-state index in [-0.39, 0.29) is 5.92 Å². The number of hydrogen-bond donors (Lipinski definition) is 1. The van der Waals surface area contributed by atoms with E-state index >= 15 is 0 Å². The van der Waals surface area contributed by atoms with Crippen molar-refractivity contribution in [2.24, 2.45) is 5.73 Å². The van der Waals surface area contributed by atoms with Crippen molar-refractivity contribution in [2.45, 2.75) is 5.92 Å². The van der Waals surface area contributed by atoms with Gasteiger partial charge >= 0.3 is 0 Å². The van der Waals surface area contributed by atoms with Crippen molar-refractivity contribution in [2.75, 3.05) is 6.54 Å². The summed E-state index contributed by atoms with van der Waals surface area (Å²) in [6.07, 6.45) is 0. The van der Waals surface area contributed by atoms with Crippen molar-refractivity contribution in [3.8, 4) is 0 Å². The minimum atomic E-state index is 0.176. The standard InChI is InChI=1S/C14H14ClN/c15-14-9-5-4-8-12(14)13(10-16)11-6-2-1-3-7-11/h1-9,13H,10,16H2. The third kappa shape index (κ3) is 2.26. The first-order valence-corrected chi connectivity index (χ1v) is 5.70. The van der Waals surface area contributed by atoms with E-state index in [1.54, 1.807) is 0 Å². The summed E-state index contributed by atoms with van der Waals surface area (Å²) in [5.74, 6) is 0.176. The Morgan fingerprint density at radius 2 is 1.56 bits per heavy atom. The van der Waals surface area contributed by atoms with Crippen LogP contribution in [0.4, 0.5) is 0 Å². The van der Waals surface area contributed by atoms with Gasteiger partial charge in [0.25, 0.3) is 0 Å². The molecular formula is C14H14ClN. The quantitative estimate of drug-likeness (QED) is 0.861. The van der Waals surface area contributed by atoms with Gasteiger partial charge in [0.15, 0.2) is 0 Å². The summed E-state index contributed by atoms with van der Waals surface area (Å²) in [7, 11) is 0. The fourth-order valence-electron chi connectivity index (χ4n) is 1.89. The maximum Gasteiger partial charge on any atom is 0.0444 e. The molecule has 1 unspecified atom stereocenters. The van der Waals surface area contributed by atoms with Crippen LogP contribution < -0.4 is 5.73 Å². The Morgan fingerprint density at radius 1 is 0.938 bits per heavy atom. The summed E-state index contributed by atoms with van der Waals surface area (Å²) in [5.41, 5.74) is 8.15. The first-order chi connectivity index (χ1) is 7.83. The Morgan fingerprint density at radius 3 is 2.19 bits per heavy atom. The van der Waals surface area contributed by atoms with Crippen LogP contribution in [0.15, 0.2) is 54.6 Å². The van der Waals surface area contributed by atoms with Gasteiger partial charge in [0.2, 0.25) is 0 Å². The zero-order chi connectivity index (χ0) is 11.4. The van der Waals surface area contributed by atoms with E-state index in [1.807, 2.05) is 42.5 Å². The lowest BCUT2D eigenvalue weighted by Crippen LogP contribution is -2.14. The van der Waals surface area contributed by atoms with Crippen LogP contribution >= 0.6 is 11.6 Å². The van der Waals surface area contributed by atoms with Gasteiger partial charge in [-0.3, -0.25) is 0 Å². The zero-order valence-corrected chi connectivity index (χ0v) is 9.69. The van der Waals surface area contributed by atoms with Crippen LogP contribution in [0, 0.1) is 0 Å². The maximum atomic E-state index is 6.19. The normalized spacial score (nSPS) is 12.4. The molecule has 2 aromatic carbocycles. The number of hydrogen-bond acceptors (Lipinski definition) is 1. The van der Waals surface area contributed by atoms with Crippen LogP contribution in [0.5, 0.6) is 0 Å². The molecule has 16 heavy (non-hydrogen) atoms. The smallest absolute Gasteiger partial charge is 0.0444 e. The molecule has 0 saturated carbocycles. The summed E-state index contributed by atoms with van der Waals surface area (Å²) in [4.78, 5) is 0. The molecule has 0 saturated heterocycles. The summed E-state index contributed by atoms with van der Waals surface area (Å²) < 4.78 is 0. The molecule has 0 fully saturated rings. The minimum Gasteiger partial charge on any atom is -0.330 e. The Hall–Kier alpha value is -1.31. The van der Waals surface area contributed by atoms with E-state index in [1.165, 1.54) is 5.56 Å². The third-order valence-electron chi connectivity index (χ3n) is 2.72. The van der Waals surface area contributed by atoms with Crippen molar-refractivity contribution in [3.63, 3.8) is 0 Å². The Balaban J connectivity index is 2.41. The van der Waals surface area contributed by atoms with E-state index in [2.05, 4.69) is 12.1 Å². The molecule has 0 spiro atoms. The summed E-state index contributed by atoms with van der Waals surface area (Å²) in [6, 6.07) is 18.1. The van der Waals surface area contributed by atoms with Crippen LogP contribution in [-0.2, 0) is 0 Å². The van der Waals surface area contributed by atoms with Gasteiger partial charge in [-0.1, -0.05) is 60.1 Å². The molecule has 0 amide bonds. The monoisotopic (exact) mass is 231 g/mol. The summed E-state index contributed by atoms with van der Waals surface area (Å²) in [6.45, 7) is 0.563. The number of rotatable bonds is 3. The molecule has 1 nitrogen and oxygen atoms in total. The van der Waals surface area contributed by atoms with Crippen molar-refractivity contribution in [3.05, 3.63) is 70.7 Å². The maximum absolute atomic E-state index is 6.19. The average Bonchev–Trinajstić information content (AvgIpc) is 2.34. The molecule has 0 heterocycles. The van der Waals surface area contributed by atoms with Gasteiger partial charge < -0.3 is 5.73 Å². The second-order valence-corrected chi connectivity index (χ2v) is 4.13. The molecule has 2 aromatic rings. The minimum absolute atomic E-state index is 0.176. The fraction of sp³-hybridized carbons (Fsp3) is 0.143. The average molecular weight is 232 g/mol. The lowest BCUT2D eigenvalue weighted by molar-refractivity contribution is 0.819. The lowest BCUT2D eigenvalue weighted by Gasteiger charge is -2.16. The van der Waals surface area contributed by atoms with E-state index in [0.29, 0.717) is 6.54 Å². The van der Waals surface area contributed by atoms with Crippen LogP contribution in [0.25, 0.3) is 0 Å². The molecule has 2 N–H and O–H groups in total. The molecule has 2 heteroatoms. The number of halogens is 1. The molecule has 0 aliphatic carbocycles. The van der Waals surface area contributed by atoms with Gasteiger partial charge in [0.05, 0.1) is 0 Å². The van der Waals surface area contributed by atoms with Crippen LogP contribution in [0.2, 0.25) is 5.02 Å². The van der Waals surface area contributed by atoms with Gasteiger partial charge in [0, 0.05) is 17.5 Å². The molecular weight excluding hydrogens is 218 g/mol. The topological polar surface area (TPSA) is 26.0 Å². The van der Waals surface area contributed by atoms with Crippen molar-refractivity contribution < 1.29 is 0 Å². The first kappa shape index (κ1) is 11.2. The highest BCUT2D eigenvalue weighted by atomic mass is 35.5. The van der Waals surface area contributed by atoms with Crippen molar-refractivity contribution in [1.82, 2.24) is 0 Å². The summed E-state index contributed by atoms with van der Waals surface area (Å²) >= 11 is 6.19. The molecule has 0 aliphatic heterocycles. The highest BCUT2D eigenvalue weighted by Gasteiger charge is 2.14. The summed E-state index contributed by atoms with van der Waals surface area (Å²) in [5, 5.41) is 0.779. The van der Waals surface area contributed by atoms with E-state index in [0.717, 1.165) is 10.6 Å². The third-order valence-corrected chi connectivity index (χ3v) is 3.06. The molecule has 2 rings (SSSR count). The lowest BCUT2D eigenvalue weighted by atomic mass is 9.91. The molecule has 1 atom stereocenters. The highest BCUT2D eigenvalue weighted by molar-refractivity contribution is 6.31. The van der Waals surface area contributed by atoms with Crippen LogP contribution in [-0.4, -0.2) is 6.54 Å². The molecule has 0 aliphatic rings. The second kappa shape index (κ2) is 5.15. The van der Waals surface area contributed by atoms with Crippen molar-refractivity contribution in [1.29, 1.82) is 0 Å². The largest absolute Gasteiger partial charge is 0.330 e. The zero-order valence-electron chi connectivity index (χ0n) is 8.94. The van der Waals surface area contributed by atoms with Crippen molar-refractivity contribution >= 4 is 11.6 Å². The van der Waals surface area contributed by atoms with Gasteiger partial charge in [-0.25, -0.2) is 0 Å². The highest BCUT2D eigenvalue weighted by Crippen LogP contribution is 2.28. The Labute approximate surface area is 101 Å². The van der Waals surface area contributed by atoms with Gasteiger partial charge in [-0.2, -0.15) is 0 Å². The predicted octanol–water partition coefficient (Wildman–Crippen LogP) is 3.43. The van der Waals surface area contributed by atoms with Gasteiger partial charge in [-0.15, -0.1) is 0 Å².